The summed E-state index contributed by atoms with van der Waals surface area (Å²) in [5.74, 6) is -1.20. The SMILES string of the molecule is CCCCCC(=O)NC1(C(=O)O)CCOC1. The lowest BCUT2D eigenvalue weighted by molar-refractivity contribution is -0.147. The van der Waals surface area contributed by atoms with Crippen molar-refractivity contribution < 1.29 is 19.4 Å². The van der Waals surface area contributed by atoms with E-state index in [1.807, 2.05) is 0 Å². The number of aliphatic carboxylic acids is 1. The second-order valence-corrected chi connectivity index (χ2v) is 4.20. The van der Waals surface area contributed by atoms with Crippen LogP contribution in [0.25, 0.3) is 0 Å². The van der Waals surface area contributed by atoms with Crippen LogP contribution in [0.15, 0.2) is 0 Å². The maximum atomic E-state index is 11.6. The Morgan fingerprint density at radius 1 is 1.44 bits per heavy atom. The van der Waals surface area contributed by atoms with Crippen molar-refractivity contribution in [2.45, 2.75) is 44.6 Å². The van der Waals surface area contributed by atoms with E-state index in [4.69, 9.17) is 9.84 Å². The highest BCUT2D eigenvalue weighted by Gasteiger charge is 2.43. The third-order valence-electron chi connectivity index (χ3n) is 2.82. The Labute approximate surface area is 95.2 Å². The van der Waals surface area contributed by atoms with Gasteiger partial charge in [0.25, 0.3) is 0 Å². The molecule has 0 bridgehead atoms. The Bertz CT molecular complexity index is 259. The van der Waals surface area contributed by atoms with E-state index in [1.54, 1.807) is 0 Å². The largest absolute Gasteiger partial charge is 0.479 e. The van der Waals surface area contributed by atoms with Gasteiger partial charge in [0.15, 0.2) is 5.54 Å². The van der Waals surface area contributed by atoms with Gasteiger partial charge in [-0.05, 0) is 6.42 Å². The molecule has 1 unspecified atom stereocenters. The third-order valence-corrected chi connectivity index (χ3v) is 2.82. The Balaban J connectivity index is 2.43. The maximum Gasteiger partial charge on any atom is 0.331 e. The summed E-state index contributed by atoms with van der Waals surface area (Å²) in [6, 6.07) is 0. The molecule has 0 aromatic rings. The lowest BCUT2D eigenvalue weighted by Gasteiger charge is -2.23. The summed E-state index contributed by atoms with van der Waals surface area (Å²) in [5.41, 5.74) is -1.19. The predicted octanol–water partition coefficient (Wildman–Crippen LogP) is 0.927. The van der Waals surface area contributed by atoms with Gasteiger partial charge in [0.2, 0.25) is 5.91 Å². The van der Waals surface area contributed by atoms with Crippen molar-refractivity contribution in [2.24, 2.45) is 0 Å². The number of rotatable bonds is 6. The van der Waals surface area contributed by atoms with Crippen LogP contribution in [0.4, 0.5) is 0 Å². The minimum absolute atomic E-state index is 0.0713. The number of ether oxygens (including phenoxy) is 1. The Kier molecular flexibility index (Phi) is 4.73. The molecule has 0 spiro atoms. The topological polar surface area (TPSA) is 75.6 Å². The van der Waals surface area contributed by atoms with Gasteiger partial charge >= 0.3 is 5.97 Å². The van der Waals surface area contributed by atoms with Gasteiger partial charge in [-0.1, -0.05) is 19.8 Å². The van der Waals surface area contributed by atoms with E-state index in [1.165, 1.54) is 0 Å². The minimum atomic E-state index is -1.19. The quantitative estimate of drug-likeness (QED) is 0.664. The molecule has 1 aliphatic rings. The van der Waals surface area contributed by atoms with Gasteiger partial charge in [0.05, 0.1) is 6.61 Å². The molecule has 16 heavy (non-hydrogen) atoms. The van der Waals surface area contributed by atoms with Crippen molar-refractivity contribution in [1.29, 1.82) is 0 Å². The van der Waals surface area contributed by atoms with Gasteiger partial charge in [0, 0.05) is 19.4 Å². The molecule has 0 aliphatic carbocycles. The second-order valence-electron chi connectivity index (χ2n) is 4.20. The van der Waals surface area contributed by atoms with Crippen LogP contribution < -0.4 is 5.32 Å². The van der Waals surface area contributed by atoms with E-state index in [0.29, 0.717) is 19.4 Å². The number of amides is 1. The smallest absolute Gasteiger partial charge is 0.331 e. The highest BCUT2D eigenvalue weighted by atomic mass is 16.5. The van der Waals surface area contributed by atoms with Crippen LogP contribution in [0.5, 0.6) is 0 Å². The summed E-state index contributed by atoms with van der Waals surface area (Å²) in [6.45, 7) is 2.52. The summed E-state index contributed by atoms with van der Waals surface area (Å²) >= 11 is 0. The number of carbonyl (C=O) groups is 2. The summed E-state index contributed by atoms with van der Waals surface area (Å²) in [5, 5.41) is 11.7. The Morgan fingerprint density at radius 2 is 2.19 bits per heavy atom. The van der Waals surface area contributed by atoms with Gasteiger partial charge in [-0.25, -0.2) is 4.79 Å². The predicted molar refractivity (Wildman–Crippen MR) is 58.1 cm³/mol. The molecular weight excluding hydrogens is 210 g/mol. The fraction of sp³-hybridized carbons (Fsp3) is 0.818. The molecule has 92 valence electrons. The first-order valence-electron chi connectivity index (χ1n) is 5.73. The minimum Gasteiger partial charge on any atom is -0.479 e. The van der Waals surface area contributed by atoms with Gasteiger partial charge < -0.3 is 15.2 Å². The van der Waals surface area contributed by atoms with E-state index >= 15 is 0 Å². The molecule has 1 aliphatic heterocycles. The van der Waals surface area contributed by atoms with Crippen LogP contribution in [0.1, 0.15) is 39.0 Å². The van der Waals surface area contributed by atoms with Crippen LogP contribution in [0.3, 0.4) is 0 Å². The number of hydrogen-bond acceptors (Lipinski definition) is 3. The molecule has 0 radical (unpaired) electrons. The first-order valence-corrected chi connectivity index (χ1v) is 5.73. The summed E-state index contributed by atoms with van der Waals surface area (Å²) in [6.07, 6.45) is 3.58. The van der Waals surface area contributed by atoms with Crippen LogP contribution >= 0.6 is 0 Å². The number of carboxylic acids is 1. The van der Waals surface area contributed by atoms with E-state index in [9.17, 15) is 9.59 Å². The zero-order valence-corrected chi connectivity index (χ0v) is 9.62. The molecule has 2 N–H and O–H groups in total. The summed E-state index contributed by atoms with van der Waals surface area (Å²) in [4.78, 5) is 22.6. The van der Waals surface area contributed by atoms with Gasteiger partial charge in [-0.2, -0.15) is 0 Å². The molecule has 1 heterocycles. The zero-order valence-electron chi connectivity index (χ0n) is 9.62. The molecule has 0 saturated carbocycles. The Hall–Kier alpha value is -1.10. The van der Waals surface area contributed by atoms with Crippen LogP contribution in [0.2, 0.25) is 0 Å². The molecule has 0 aromatic heterocycles. The monoisotopic (exact) mass is 229 g/mol. The van der Waals surface area contributed by atoms with Crippen molar-refractivity contribution in [3.8, 4) is 0 Å². The normalized spacial score (nSPS) is 24.3. The average molecular weight is 229 g/mol. The lowest BCUT2D eigenvalue weighted by atomic mass is 9.98. The molecule has 5 nitrogen and oxygen atoms in total. The number of carbonyl (C=O) groups excluding carboxylic acids is 1. The maximum absolute atomic E-state index is 11.6. The fourth-order valence-corrected chi connectivity index (χ4v) is 1.75. The standard InChI is InChI=1S/C11H19NO4/c1-2-3-4-5-9(13)12-11(10(14)15)6-7-16-8-11/h2-8H2,1H3,(H,12,13)(H,14,15). The van der Waals surface area contributed by atoms with Crippen molar-refractivity contribution in [2.75, 3.05) is 13.2 Å². The number of unbranched alkanes of at least 4 members (excludes halogenated alkanes) is 2. The van der Waals surface area contributed by atoms with Crippen molar-refractivity contribution >= 4 is 11.9 Å². The van der Waals surface area contributed by atoms with E-state index in [0.717, 1.165) is 19.3 Å². The number of nitrogens with one attached hydrogen (secondary N) is 1. The van der Waals surface area contributed by atoms with Gasteiger partial charge in [0.1, 0.15) is 0 Å². The molecule has 1 fully saturated rings. The van der Waals surface area contributed by atoms with E-state index < -0.39 is 11.5 Å². The first kappa shape index (κ1) is 13.0. The van der Waals surface area contributed by atoms with E-state index in [2.05, 4.69) is 12.2 Å². The highest BCUT2D eigenvalue weighted by Crippen LogP contribution is 2.19. The van der Waals surface area contributed by atoms with E-state index in [-0.39, 0.29) is 12.5 Å². The highest BCUT2D eigenvalue weighted by molar-refractivity contribution is 5.87. The molecular formula is C11H19NO4. The average Bonchev–Trinajstić information content (AvgIpc) is 2.68. The van der Waals surface area contributed by atoms with Crippen molar-refractivity contribution in [1.82, 2.24) is 5.32 Å². The molecule has 1 rings (SSSR count). The lowest BCUT2D eigenvalue weighted by Crippen LogP contribution is -2.55. The van der Waals surface area contributed by atoms with Crippen LogP contribution in [-0.2, 0) is 14.3 Å². The molecule has 1 amide bonds. The number of hydrogen-bond donors (Lipinski definition) is 2. The second kappa shape index (κ2) is 5.84. The Morgan fingerprint density at radius 3 is 2.69 bits per heavy atom. The van der Waals surface area contributed by atoms with Gasteiger partial charge in [-0.15, -0.1) is 0 Å². The zero-order chi connectivity index (χ0) is 12.0. The van der Waals surface area contributed by atoms with Crippen molar-refractivity contribution in [3.05, 3.63) is 0 Å². The fourth-order valence-electron chi connectivity index (χ4n) is 1.75. The molecule has 5 heteroatoms. The summed E-state index contributed by atoms with van der Waals surface area (Å²) in [7, 11) is 0. The molecule has 0 aromatic carbocycles. The van der Waals surface area contributed by atoms with Crippen molar-refractivity contribution in [3.63, 3.8) is 0 Å². The van der Waals surface area contributed by atoms with Crippen LogP contribution in [-0.4, -0.2) is 35.7 Å². The molecule has 1 atom stereocenters. The van der Waals surface area contributed by atoms with Gasteiger partial charge in [-0.3, -0.25) is 4.79 Å². The molecule has 1 saturated heterocycles. The van der Waals surface area contributed by atoms with Crippen LogP contribution in [0, 0.1) is 0 Å². The number of carboxylic acid groups (broad SMARTS) is 1. The summed E-state index contributed by atoms with van der Waals surface area (Å²) < 4.78 is 5.05. The third kappa shape index (κ3) is 3.20. The first-order chi connectivity index (χ1) is 7.60.